The number of rotatable bonds is 7. The van der Waals surface area contributed by atoms with Gasteiger partial charge in [0.1, 0.15) is 6.61 Å². The molecule has 0 bridgehead atoms. The molecule has 1 aliphatic rings. The number of sulfonamides is 1. The number of aryl methyl sites for hydroxylation is 1. The van der Waals surface area contributed by atoms with E-state index in [1.165, 1.54) is 25.3 Å². The number of nitrogens with one attached hydrogen (secondary N) is 3. The third kappa shape index (κ3) is 5.51. The fourth-order valence-electron chi connectivity index (χ4n) is 2.79. The number of methoxy groups -OCH3 is 1. The van der Waals surface area contributed by atoms with E-state index in [0.29, 0.717) is 17.1 Å². The number of hydrazine groups is 1. The second kappa shape index (κ2) is 9.77. The van der Waals surface area contributed by atoms with Crippen molar-refractivity contribution >= 4 is 21.8 Å². The molecule has 11 heteroatoms. The van der Waals surface area contributed by atoms with Gasteiger partial charge in [-0.15, -0.1) is 0 Å². The molecular weight excluding hydrogens is 426 g/mol. The van der Waals surface area contributed by atoms with Gasteiger partial charge in [-0.2, -0.15) is 0 Å². The fraction of sp³-hybridized carbons (Fsp3) is 0.300. The van der Waals surface area contributed by atoms with Crippen molar-refractivity contribution in [2.75, 3.05) is 26.9 Å². The van der Waals surface area contributed by atoms with Crippen LogP contribution in [0.25, 0.3) is 0 Å². The van der Waals surface area contributed by atoms with Crippen LogP contribution in [0.15, 0.2) is 47.4 Å². The van der Waals surface area contributed by atoms with E-state index in [2.05, 4.69) is 15.6 Å². The normalized spacial score (nSPS) is 15.2. The summed E-state index contributed by atoms with van der Waals surface area (Å²) in [6.07, 6.45) is -0.951. The van der Waals surface area contributed by atoms with Crippen LogP contribution in [0.1, 0.15) is 15.9 Å². The molecule has 1 aliphatic heterocycles. The lowest BCUT2D eigenvalue weighted by atomic mass is 10.1. The number of hydrogen-bond acceptors (Lipinski definition) is 7. The van der Waals surface area contributed by atoms with Crippen LogP contribution < -0.4 is 25.0 Å². The molecule has 0 aliphatic carbocycles. The van der Waals surface area contributed by atoms with Crippen LogP contribution in [-0.4, -0.2) is 53.2 Å². The van der Waals surface area contributed by atoms with Crippen LogP contribution in [0.2, 0.25) is 0 Å². The molecule has 0 fully saturated rings. The highest BCUT2D eigenvalue weighted by molar-refractivity contribution is 7.89. The van der Waals surface area contributed by atoms with Crippen molar-refractivity contribution in [3.05, 3.63) is 53.6 Å². The number of carbonyl (C=O) groups excluding carboxylic acids is 2. The van der Waals surface area contributed by atoms with Gasteiger partial charge in [0, 0.05) is 19.2 Å². The van der Waals surface area contributed by atoms with Gasteiger partial charge in [0.05, 0.1) is 11.5 Å². The van der Waals surface area contributed by atoms with Gasteiger partial charge in [-0.05, 0) is 36.8 Å². The Morgan fingerprint density at radius 2 is 1.87 bits per heavy atom. The highest BCUT2D eigenvalue weighted by Crippen LogP contribution is 2.30. The first kappa shape index (κ1) is 22.5. The Hall–Kier alpha value is -3.15. The molecule has 0 saturated heterocycles. The third-order valence-corrected chi connectivity index (χ3v) is 5.92. The van der Waals surface area contributed by atoms with Crippen LogP contribution in [0.5, 0.6) is 11.5 Å². The van der Waals surface area contributed by atoms with Gasteiger partial charge in [0.15, 0.2) is 11.5 Å². The number of amides is 2. The SMILES string of the molecule is COCCNS(=O)(=O)c1ccc(C)c(C(=O)NNC(=O)C2COc3ccccc3O2)c1. The first-order valence-electron chi connectivity index (χ1n) is 9.40. The van der Waals surface area contributed by atoms with Gasteiger partial charge in [-0.25, -0.2) is 13.1 Å². The summed E-state index contributed by atoms with van der Waals surface area (Å²) in [6, 6.07) is 11.1. The van der Waals surface area contributed by atoms with Crippen molar-refractivity contribution in [3.63, 3.8) is 0 Å². The maximum atomic E-state index is 12.6. The summed E-state index contributed by atoms with van der Waals surface area (Å²) in [5, 5.41) is 0. The molecule has 2 aromatic rings. The maximum Gasteiger partial charge on any atom is 0.283 e. The second-order valence-corrected chi connectivity index (χ2v) is 8.44. The molecule has 0 saturated carbocycles. The van der Waals surface area contributed by atoms with E-state index in [1.807, 2.05) is 0 Å². The zero-order chi connectivity index (χ0) is 22.4. The fourth-order valence-corrected chi connectivity index (χ4v) is 3.83. The quantitative estimate of drug-likeness (QED) is 0.415. The minimum Gasteiger partial charge on any atom is -0.485 e. The molecule has 3 rings (SSSR count). The summed E-state index contributed by atoms with van der Waals surface area (Å²) < 4.78 is 43.0. The van der Waals surface area contributed by atoms with Crippen LogP contribution in [0.3, 0.4) is 0 Å². The number of hydrogen-bond donors (Lipinski definition) is 3. The molecule has 0 spiro atoms. The molecule has 1 unspecified atom stereocenters. The minimum atomic E-state index is -3.82. The lowest BCUT2D eigenvalue weighted by Crippen LogP contribution is -2.51. The molecule has 2 aromatic carbocycles. The van der Waals surface area contributed by atoms with Crippen molar-refractivity contribution in [3.8, 4) is 11.5 Å². The van der Waals surface area contributed by atoms with Crippen LogP contribution in [-0.2, 0) is 19.6 Å². The Balaban J connectivity index is 1.63. The molecule has 1 atom stereocenters. The van der Waals surface area contributed by atoms with E-state index < -0.39 is 27.9 Å². The Bertz CT molecular complexity index is 1070. The predicted molar refractivity (Wildman–Crippen MR) is 110 cm³/mol. The smallest absolute Gasteiger partial charge is 0.283 e. The predicted octanol–water partition coefficient (Wildman–Crippen LogP) is 0.521. The molecule has 10 nitrogen and oxygen atoms in total. The summed E-state index contributed by atoms with van der Waals surface area (Å²) in [5.41, 5.74) is 5.20. The van der Waals surface area contributed by atoms with E-state index in [0.717, 1.165) is 0 Å². The van der Waals surface area contributed by atoms with E-state index in [9.17, 15) is 18.0 Å². The van der Waals surface area contributed by atoms with Gasteiger partial charge in [0.25, 0.3) is 11.8 Å². The van der Waals surface area contributed by atoms with Gasteiger partial charge < -0.3 is 14.2 Å². The Kier molecular flexibility index (Phi) is 7.10. The van der Waals surface area contributed by atoms with Gasteiger partial charge in [-0.1, -0.05) is 18.2 Å². The highest BCUT2D eigenvalue weighted by atomic mass is 32.2. The number of carbonyl (C=O) groups is 2. The van der Waals surface area contributed by atoms with Crippen molar-refractivity contribution < 1.29 is 32.2 Å². The molecule has 166 valence electrons. The largest absolute Gasteiger partial charge is 0.485 e. The molecule has 2 amide bonds. The summed E-state index contributed by atoms with van der Waals surface area (Å²) in [6.45, 7) is 1.94. The average Bonchev–Trinajstić information content (AvgIpc) is 2.77. The number of para-hydroxylation sites is 2. The summed E-state index contributed by atoms with van der Waals surface area (Å²) in [7, 11) is -2.36. The molecule has 31 heavy (non-hydrogen) atoms. The molecule has 1 heterocycles. The lowest BCUT2D eigenvalue weighted by molar-refractivity contribution is -0.131. The average molecular weight is 449 g/mol. The third-order valence-electron chi connectivity index (χ3n) is 4.46. The maximum absolute atomic E-state index is 12.6. The van der Waals surface area contributed by atoms with E-state index >= 15 is 0 Å². The Morgan fingerprint density at radius 1 is 1.13 bits per heavy atom. The molecular formula is C20H23N3O7S. The summed E-state index contributed by atoms with van der Waals surface area (Å²) >= 11 is 0. The minimum absolute atomic E-state index is 0.0153. The number of benzene rings is 2. The van der Waals surface area contributed by atoms with E-state index in [1.54, 1.807) is 31.2 Å². The standard InChI is InChI=1S/C20H23N3O7S/c1-13-7-8-14(31(26,27)21-9-10-28-2)11-15(13)19(24)22-23-20(25)18-12-29-16-5-3-4-6-17(16)30-18/h3-8,11,18,21H,9-10,12H2,1-2H3,(H,22,24)(H,23,25). The zero-order valence-electron chi connectivity index (χ0n) is 17.0. The van der Waals surface area contributed by atoms with Crippen molar-refractivity contribution in [1.82, 2.24) is 15.6 Å². The van der Waals surface area contributed by atoms with E-state index in [-0.39, 0.29) is 30.2 Å². The van der Waals surface area contributed by atoms with Crippen molar-refractivity contribution in [2.45, 2.75) is 17.9 Å². The first-order valence-corrected chi connectivity index (χ1v) is 10.9. The highest BCUT2D eigenvalue weighted by Gasteiger charge is 2.28. The number of fused-ring (bicyclic) bond motifs is 1. The number of ether oxygens (including phenoxy) is 3. The van der Waals surface area contributed by atoms with Crippen LogP contribution >= 0.6 is 0 Å². The molecule has 0 aromatic heterocycles. The van der Waals surface area contributed by atoms with Gasteiger partial charge in [-0.3, -0.25) is 20.4 Å². The van der Waals surface area contributed by atoms with E-state index in [4.69, 9.17) is 14.2 Å². The first-order chi connectivity index (χ1) is 14.8. The van der Waals surface area contributed by atoms with Crippen LogP contribution in [0, 0.1) is 6.92 Å². The lowest BCUT2D eigenvalue weighted by Gasteiger charge is -2.25. The van der Waals surface area contributed by atoms with Crippen molar-refractivity contribution in [1.29, 1.82) is 0 Å². The zero-order valence-corrected chi connectivity index (χ0v) is 17.8. The molecule has 0 radical (unpaired) electrons. The summed E-state index contributed by atoms with van der Waals surface area (Å²) in [4.78, 5) is 24.8. The summed E-state index contributed by atoms with van der Waals surface area (Å²) in [5.74, 6) is -0.319. The van der Waals surface area contributed by atoms with Crippen LogP contribution in [0.4, 0.5) is 0 Å². The van der Waals surface area contributed by atoms with Crippen molar-refractivity contribution in [2.24, 2.45) is 0 Å². The Morgan fingerprint density at radius 3 is 2.61 bits per heavy atom. The second-order valence-electron chi connectivity index (χ2n) is 6.67. The Labute approximate surface area is 179 Å². The van der Waals surface area contributed by atoms with Gasteiger partial charge >= 0.3 is 0 Å². The van der Waals surface area contributed by atoms with Gasteiger partial charge in [0.2, 0.25) is 16.1 Å². The molecule has 3 N–H and O–H groups in total. The monoisotopic (exact) mass is 449 g/mol. The topological polar surface area (TPSA) is 132 Å².